The highest BCUT2D eigenvalue weighted by atomic mass is 16.5. The molecule has 0 aliphatic rings. The van der Waals surface area contributed by atoms with Crippen LogP contribution in [0.15, 0.2) is 103 Å². The molecular weight excluding hydrogens is 564 g/mol. The summed E-state index contributed by atoms with van der Waals surface area (Å²) >= 11 is 0. The summed E-state index contributed by atoms with van der Waals surface area (Å²) in [5.74, 6) is 1.07. The van der Waals surface area contributed by atoms with Gasteiger partial charge in [0.2, 0.25) is 0 Å². The van der Waals surface area contributed by atoms with Gasteiger partial charge in [-0.2, -0.15) is 0 Å². The van der Waals surface area contributed by atoms with Crippen molar-refractivity contribution in [2.45, 2.75) is 33.1 Å². The average molecular weight is 605 g/mol. The Labute approximate surface area is 264 Å². The van der Waals surface area contributed by atoms with E-state index in [9.17, 15) is 9.59 Å². The number of esters is 1. The lowest BCUT2D eigenvalue weighted by Gasteiger charge is -2.19. The highest BCUT2D eigenvalue weighted by Crippen LogP contribution is 2.45. The van der Waals surface area contributed by atoms with Crippen molar-refractivity contribution in [3.05, 3.63) is 109 Å². The maximum Gasteiger partial charge on any atom is 0.311 e. The molecule has 0 amide bonds. The Hall–Kier alpha value is -4.52. The fraction of sp³-hybridized carbons (Fsp3) is 0.282. The van der Waals surface area contributed by atoms with E-state index in [0.717, 1.165) is 39.3 Å². The van der Waals surface area contributed by atoms with Crippen molar-refractivity contribution in [2.75, 3.05) is 33.0 Å². The number of ether oxygens (including phenoxy) is 4. The smallest absolute Gasteiger partial charge is 0.311 e. The molecule has 0 fully saturated rings. The molecule has 0 saturated carbocycles. The molecule has 0 bridgehead atoms. The number of carbonyl (C=O) groups excluding carboxylic acids is 2. The van der Waals surface area contributed by atoms with Gasteiger partial charge in [-0.3, -0.25) is 9.59 Å². The van der Waals surface area contributed by atoms with Gasteiger partial charge in [0.25, 0.3) is 0 Å². The maximum atomic E-state index is 13.2. The van der Waals surface area contributed by atoms with E-state index in [2.05, 4.69) is 26.0 Å². The van der Waals surface area contributed by atoms with Gasteiger partial charge in [-0.05, 0) is 39.6 Å². The van der Waals surface area contributed by atoms with Crippen LogP contribution in [-0.4, -0.2) is 44.8 Å². The van der Waals surface area contributed by atoms with E-state index < -0.39 is 5.97 Å². The normalized spacial score (nSPS) is 11.3. The molecule has 0 aliphatic heterocycles. The number of benzene rings is 5. The van der Waals surface area contributed by atoms with E-state index in [0.29, 0.717) is 55.8 Å². The zero-order valence-electron chi connectivity index (χ0n) is 26.0. The van der Waals surface area contributed by atoms with Gasteiger partial charge in [0.1, 0.15) is 11.5 Å². The molecule has 0 spiro atoms. The highest BCUT2D eigenvalue weighted by molar-refractivity contribution is 6.10. The second kappa shape index (κ2) is 16.0. The van der Waals surface area contributed by atoms with E-state index >= 15 is 0 Å². The molecule has 232 valence electrons. The van der Waals surface area contributed by atoms with Crippen LogP contribution < -0.4 is 9.47 Å². The highest BCUT2D eigenvalue weighted by Gasteiger charge is 2.21. The summed E-state index contributed by atoms with van der Waals surface area (Å²) in [6.07, 6.45) is 0.755. The Bertz CT molecular complexity index is 1730. The van der Waals surface area contributed by atoms with Gasteiger partial charge >= 0.3 is 5.97 Å². The zero-order valence-corrected chi connectivity index (χ0v) is 26.0. The molecule has 5 rings (SSSR count). The molecule has 0 atom stereocenters. The van der Waals surface area contributed by atoms with Crippen LogP contribution in [0.5, 0.6) is 11.5 Å². The Morgan fingerprint density at radius 3 is 1.89 bits per heavy atom. The van der Waals surface area contributed by atoms with Crippen LogP contribution in [0.1, 0.15) is 43.5 Å². The molecule has 0 unspecified atom stereocenters. The molecule has 5 aromatic carbocycles. The summed E-state index contributed by atoms with van der Waals surface area (Å²) in [7, 11) is 0. The zero-order chi connectivity index (χ0) is 31.4. The first kappa shape index (κ1) is 31.9. The van der Waals surface area contributed by atoms with Gasteiger partial charge in [0.05, 0.1) is 26.2 Å². The third-order valence-corrected chi connectivity index (χ3v) is 7.42. The van der Waals surface area contributed by atoms with Crippen LogP contribution in [0.25, 0.3) is 32.7 Å². The Balaban J connectivity index is 1.38. The topological polar surface area (TPSA) is 71.1 Å². The minimum atomic E-state index is -0.465. The number of Topliss-reactive ketones (excluding diaryl/α,β-unsaturated/α-hetero) is 1. The lowest BCUT2D eigenvalue weighted by Crippen LogP contribution is -2.12. The van der Waals surface area contributed by atoms with Gasteiger partial charge in [-0.15, -0.1) is 0 Å². The quantitative estimate of drug-likeness (QED) is 0.0486. The van der Waals surface area contributed by atoms with Crippen LogP contribution in [0.3, 0.4) is 0 Å². The summed E-state index contributed by atoms with van der Waals surface area (Å²) in [5, 5.41) is 3.98. The van der Waals surface area contributed by atoms with E-state index in [1.807, 2.05) is 78.9 Å². The van der Waals surface area contributed by atoms with Crippen molar-refractivity contribution in [3.63, 3.8) is 0 Å². The van der Waals surface area contributed by atoms with Crippen molar-refractivity contribution in [1.82, 2.24) is 0 Å². The Morgan fingerprint density at radius 1 is 0.600 bits per heavy atom. The minimum absolute atomic E-state index is 0.0264. The first-order chi connectivity index (χ1) is 22.0. The van der Waals surface area contributed by atoms with Crippen LogP contribution >= 0.6 is 0 Å². The molecule has 0 saturated heterocycles. The summed E-state index contributed by atoms with van der Waals surface area (Å²) in [6, 6.07) is 32.9. The average Bonchev–Trinajstić information content (AvgIpc) is 3.06. The fourth-order valence-corrected chi connectivity index (χ4v) is 5.26. The van der Waals surface area contributed by atoms with Gasteiger partial charge < -0.3 is 18.9 Å². The van der Waals surface area contributed by atoms with Crippen LogP contribution in [0.4, 0.5) is 0 Å². The predicted octanol–water partition coefficient (Wildman–Crippen LogP) is 8.69. The molecule has 0 aromatic heterocycles. The van der Waals surface area contributed by atoms with Crippen LogP contribution in [-0.2, 0) is 14.3 Å². The molecule has 0 heterocycles. The molecule has 6 nitrogen and oxygen atoms in total. The van der Waals surface area contributed by atoms with Gasteiger partial charge in [0, 0.05) is 42.7 Å². The monoisotopic (exact) mass is 604 g/mol. The number of rotatable bonds is 16. The van der Waals surface area contributed by atoms with E-state index in [1.54, 1.807) is 12.1 Å². The summed E-state index contributed by atoms with van der Waals surface area (Å²) in [4.78, 5) is 25.8. The number of hydrogen-bond donors (Lipinski definition) is 0. The van der Waals surface area contributed by atoms with Gasteiger partial charge in [-0.1, -0.05) is 105 Å². The van der Waals surface area contributed by atoms with E-state index in [-0.39, 0.29) is 18.6 Å². The van der Waals surface area contributed by atoms with Crippen LogP contribution in [0.2, 0.25) is 0 Å². The molecule has 6 heteroatoms. The first-order valence-corrected chi connectivity index (χ1v) is 15.6. The fourth-order valence-electron chi connectivity index (χ4n) is 5.26. The van der Waals surface area contributed by atoms with Crippen molar-refractivity contribution >= 4 is 33.3 Å². The largest absolute Gasteiger partial charge is 0.493 e. The van der Waals surface area contributed by atoms with Crippen molar-refractivity contribution in [1.29, 1.82) is 0 Å². The summed E-state index contributed by atoms with van der Waals surface area (Å²) < 4.78 is 23.8. The van der Waals surface area contributed by atoms with E-state index in [1.165, 1.54) is 0 Å². The van der Waals surface area contributed by atoms with Gasteiger partial charge in [0.15, 0.2) is 5.78 Å². The second-order valence-corrected chi connectivity index (χ2v) is 11.4. The standard InChI is InChI=1S/C39H40O6/c1-28(2)27-43-26-25-42-23-10-24-44-35-20-17-29-11-6-8-15-32(29)38(35)39-33-16-9-7-12-30(33)18-21-36(39)45-37(41)22-19-34(40)31-13-4-3-5-14-31/h3-9,11-18,20-21,28H,10,19,22-27H2,1-2H3. The van der Waals surface area contributed by atoms with Crippen LogP contribution in [0, 0.1) is 5.92 Å². The van der Waals surface area contributed by atoms with Crippen molar-refractivity contribution < 1.29 is 28.5 Å². The molecule has 0 aliphatic carbocycles. The molecular formula is C39H40O6. The SMILES string of the molecule is CC(C)COCCOCCCOc1ccc2ccccc2c1-c1c(OC(=O)CCC(=O)c2ccccc2)ccc2ccccc12. The third kappa shape index (κ3) is 8.56. The van der Waals surface area contributed by atoms with Crippen molar-refractivity contribution in [3.8, 4) is 22.6 Å². The molecule has 45 heavy (non-hydrogen) atoms. The Morgan fingerprint density at radius 2 is 1.20 bits per heavy atom. The first-order valence-electron chi connectivity index (χ1n) is 15.6. The molecule has 5 aromatic rings. The number of fused-ring (bicyclic) bond motifs is 2. The molecule has 0 radical (unpaired) electrons. The lowest BCUT2D eigenvalue weighted by molar-refractivity contribution is -0.134. The minimum Gasteiger partial charge on any atom is -0.493 e. The number of hydrogen-bond acceptors (Lipinski definition) is 6. The summed E-state index contributed by atoms with van der Waals surface area (Å²) in [6.45, 7) is 7.13. The third-order valence-electron chi connectivity index (χ3n) is 7.42. The number of carbonyl (C=O) groups is 2. The van der Waals surface area contributed by atoms with Crippen molar-refractivity contribution in [2.24, 2.45) is 5.92 Å². The molecule has 0 N–H and O–H groups in total. The Kier molecular flexibility index (Phi) is 11.3. The number of ketones is 1. The van der Waals surface area contributed by atoms with Gasteiger partial charge in [-0.25, -0.2) is 0 Å². The lowest BCUT2D eigenvalue weighted by atomic mass is 9.92. The second-order valence-electron chi connectivity index (χ2n) is 11.4. The predicted molar refractivity (Wildman–Crippen MR) is 179 cm³/mol. The van der Waals surface area contributed by atoms with E-state index in [4.69, 9.17) is 18.9 Å². The maximum absolute atomic E-state index is 13.2. The summed E-state index contributed by atoms with van der Waals surface area (Å²) in [5.41, 5.74) is 2.22.